The number of aryl methyl sites for hydroxylation is 3. The highest BCUT2D eigenvalue weighted by atomic mass is 32.1. The van der Waals surface area contributed by atoms with E-state index < -0.39 is 0 Å². The Labute approximate surface area is 124 Å². The van der Waals surface area contributed by atoms with Crippen molar-refractivity contribution >= 4 is 17.1 Å². The zero-order valence-corrected chi connectivity index (χ0v) is 12.8. The fraction of sp³-hybridized carbons (Fsp3) is 0.389. The van der Waals surface area contributed by atoms with Gasteiger partial charge in [-0.05, 0) is 55.4 Å². The molecule has 2 heteroatoms. The number of benzene rings is 1. The van der Waals surface area contributed by atoms with E-state index in [-0.39, 0.29) is 5.78 Å². The molecule has 0 saturated carbocycles. The minimum absolute atomic E-state index is 0.197. The number of carbonyl (C=O) groups excluding carboxylic acids is 1. The molecule has 1 aromatic heterocycles. The molecular formula is C18H20OS. The third kappa shape index (κ3) is 2.71. The second-order valence-corrected chi connectivity index (χ2v) is 6.68. The Morgan fingerprint density at radius 2 is 2.05 bits per heavy atom. The Kier molecular flexibility index (Phi) is 4.02. The second-order valence-electron chi connectivity index (χ2n) is 5.55. The Hall–Kier alpha value is -1.41. The maximum Gasteiger partial charge on any atom is 0.202 e. The van der Waals surface area contributed by atoms with E-state index in [0.717, 1.165) is 36.1 Å². The molecule has 2 aromatic rings. The number of hydrogen-bond acceptors (Lipinski definition) is 2. The largest absolute Gasteiger partial charge is 0.288 e. The predicted molar refractivity (Wildman–Crippen MR) is 84.8 cm³/mol. The van der Waals surface area contributed by atoms with Gasteiger partial charge in [-0.1, -0.05) is 31.5 Å². The third-order valence-electron chi connectivity index (χ3n) is 3.95. The molecule has 0 unspecified atom stereocenters. The van der Waals surface area contributed by atoms with Gasteiger partial charge in [-0.15, -0.1) is 11.3 Å². The Morgan fingerprint density at radius 1 is 1.20 bits per heavy atom. The summed E-state index contributed by atoms with van der Waals surface area (Å²) in [5.41, 5.74) is 3.52. The summed E-state index contributed by atoms with van der Waals surface area (Å²) in [6.45, 7) is 2.17. The molecule has 0 bridgehead atoms. The number of fused-ring (bicyclic) bond motifs is 1. The van der Waals surface area contributed by atoms with Gasteiger partial charge in [0.15, 0.2) is 0 Å². The molecule has 0 amide bonds. The highest BCUT2D eigenvalue weighted by molar-refractivity contribution is 7.14. The van der Waals surface area contributed by atoms with Crippen LogP contribution in [0.25, 0.3) is 0 Å². The van der Waals surface area contributed by atoms with Crippen LogP contribution in [-0.4, -0.2) is 5.78 Å². The molecule has 20 heavy (non-hydrogen) atoms. The normalized spacial score (nSPS) is 14.1. The lowest BCUT2D eigenvalue weighted by molar-refractivity contribution is 0.104. The fourth-order valence-electron chi connectivity index (χ4n) is 2.90. The monoisotopic (exact) mass is 284 g/mol. The molecule has 1 heterocycles. The van der Waals surface area contributed by atoms with Crippen molar-refractivity contribution in [3.05, 3.63) is 56.8 Å². The van der Waals surface area contributed by atoms with Crippen molar-refractivity contribution in [3.8, 4) is 0 Å². The van der Waals surface area contributed by atoms with E-state index in [2.05, 4.69) is 25.1 Å². The maximum absolute atomic E-state index is 12.6. The predicted octanol–water partition coefficient (Wildman–Crippen LogP) is 4.81. The van der Waals surface area contributed by atoms with Crippen LogP contribution in [0.2, 0.25) is 0 Å². The summed E-state index contributed by atoms with van der Waals surface area (Å²) >= 11 is 1.71. The quantitative estimate of drug-likeness (QED) is 0.736. The summed E-state index contributed by atoms with van der Waals surface area (Å²) < 4.78 is 0. The van der Waals surface area contributed by atoms with Gasteiger partial charge in [0.05, 0.1) is 4.88 Å². The van der Waals surface area contributed by atoms with Gasteiger partial charge >= 0.3 is 0 Å². The first-order valence-corrected chi connectivity index (χ1v) is 8.35. The summed E-state index contributed by atoms with van der Waals surface area (Å²) in [5, 5.41) is 0. The van der Waals surface area contributed by atoms with Crippen molar-refractivity contribution in [1.29, 1.82) is 0 Å². The number of carbonyl (C=O) groups is 1. The summed E-state index contributed by atoms with van der Waals surface area (Å²) in [4.78, 5) is 15.0. The molecule has 0 N–H and O–H groups in total. The van der Waals surface area contributed by atoms with E-state index in [1.807, 2.05) is 12.1 Å². The molecule has 1 aliphatic carbocycles. The van der Waals surface area contributed by atoms with E-state index in [1.54, 1.807) is 11.3 Å². The number of rotatable bonds is 4. The van der Waals surface area contributed by atoms with Gasteiger partial charge in [0.2, 0.25) is 5.78 Å². The molecule has 0 fully saturated rings. The first-order valence-electron chi connectivity index (χ1n) is 7.53. The van der Waals surface area contributed by atoms with Gasteiger partial charge in [0.1, 0.15) is 0 Å². The molecule has 1 aromatic carbocycles. The van der Waals surface area contributed by atoms with Crippen molar-refractivity contribution in [2.24, 2.45) is 0 Å². The summed E-state index contributed by atoms with van der Waals surface area (Å²) in [5.74, 6) is 0.197. The second kappa shape index (κ2) is 5.92. The SMILES string of the molecule is CCCc1cccc(C(=O)c2cc3c(s2)CCCC3)c1. The van der Waals surface area contributed by atoms with Crippen LogP contribution >= 0.6 is 11.3 Å². The van der Waals surface area contributed by atoms with Crippen LogP contribution in [-0.2, 0) is 19.3 Å². The molecular weight excluding hydrogens is 264 g/mol. The minimum atomic E-state index is 0.197. The van der Waals surface area contributed by atoms with Crippen molar-refractivity contribution in [2.75, 3.05) is 0 Å². The number of thiophene rings is 1. The van der Waals surface area contributed by atoms with Gasteiger partial charge in [0.25, 0.3) is 0 Å². The van der Waals surface area contributed by atoms with E-state index in [9.17, 15) is 4.79 Å². The van der Waals surface area contributed by atoms with Crippen LogP contribution in [0.5, 0.6) is 0 Å². The first kappa shape index (κ1) is 13.6. The standard InChI is InChI=1S/C18H20OS/c1-2-6-13-7-5-9-15(11-13)18(19)17-12-14-8-3-4-10-16(14)20-17/h5,7,9,11-12H,2-4,6,8,10H2,1H3. The lowest BCUT2D eigenvalue weighted by atomic mass is 9.98. The van der Waals surface area contributed by atoms with Crippen LogP contribution < -0.4 is 0 Å². The average Bonchev–Trinajstić information content (AvgIpc) is 2.91. The molecule has 0 spiro atoms. The van der Waals surface area contributed by atoms with E-state index in [0.29, 0.717) is 0 Å². The topological polar surface area (TPSA) is 17.1 Å². The summed E-state index contributed by atoms with van der Waals surface area (Å²) in [6, 6.07) is 10.3. The van der Waals surface area contributed by atoms with E-state index in [1.165, 1.54) is 28.8 Å². The molecule has 0 aliphatic heterocycles. The number of hydrogen-bond donors (Lipinski definition) is 0. The van der Waals surface area contributed by atoms with Crippen LogP contribution in [0.3, 0.4) is 0 Å². The van der Waals surface area contributed by atoms with Crippen molar-refractivity contribution in [3.63, 3.8) is 0 Å². The highest BCUT2D eigenvalue weighted by Gasteiger charge is 2.18. The molecule has 0 saturated heterocycles. The average molecular weight is 284 g/mol. The van der Waals surface area contributed by atoms with Crippen molar-refractivity contribution < 1.29 is 4.79 Å². The zero-order chi connectivity index (χ0) is 13.9. The summed E-state index contributed by atoms with van der Waals surface area (Å²) in [6.07, 6.45) is 7.00. The molecule has 1 nitrogen and oxygen atoms in total. The lowest BCUT2D eigenvalue weighted by Crippen LogP contribution is -1.99. The van der Waals surface area contributed by atoms with Gasteiger partial charge < -0.3 is 0 Å². The first-order chi connectivity index (χ1) is 9.78. The van der Waals surface area contributed by atoms with Crippen LogP contribution in [0.1, 0.15) is 57.4 Å². The van der Waals surface area contributed by atoms with Crippen LogP contribution in [0, 0.1) is 0 Å². The zero-order valence-electron chi connectivity index (χ0n) is 11.9. The molecule has 1 aliphatic rings. The van der Waals surface area contributed by atoms with Gasteiger partial charge in [-0.2, -0.15) is 0 Å². The highest BCUT2D eigenvalue weighted by Crippen LogP contribution is 2.31. The molecule has 0 atom stereocenters. The van der Waals surface area contributed by atoms with Crippen LogP contribution in [0.4, 0.5) is 0 Å². The smallest absolute Gasteiger partial charge is 0.202 e. The lowest BCUT2D eigenvalue weighted by Gasteiger charge is -2.08. The van der Waals surface area contributed by atoms with E-state index in [4.69, 9.17) is 0 Å². The van der Waals surface area contributed by atoms with Gasteiger partial charge in [0, 0.05) is 10.4 Å². The van der Waals surface area contributed by atoms with Crippen molar-refractivity contribution in [1.82, 2.24) is 0 Å². The molecule has 104 valence electrons. The fourth-order valence-corrected chi connectivity index (χ4v) is 4.12. The Bertz CT molecular complexity index is 601. The minimum Gasteiger partial charge on any atom is -0.288 e. The Balaban J connectivity index is 1.88. The molecule has 3 rings (SSSR count). The van der Waals surface area contributed by atoms with E-state index >= 15 is 0 Å². The van der Waals surface area contributed by atoms with Crippen LogP contribution in [0.15, 0.2) is 30.3 Å². The Morgan fingerprint density at radius 3 is 2.85 bits per heavy atom. The molecule has 0 radical (unpaired) electrons. The van der Waals surface area contributed by atoms with Gasteiger partial charge in [-0.3, -0.25) is 4.79 Å². The maximum atomic E-state index is 12.6. The number of ketones is 1. The van der Waals surface area contributed by atoms with Crippen molar-refractivity contribution in [2.45, 2.75) is 45.4 Å². The third-order valence-corrected chi connectivity index (χ3v) is 5.18. The summed E-state index contributed by atoms with van der Waals surface area (Å²) in [7, 11) is 0. The van der Waals surface area contributed by atoms with Gasteiger partial charge in [-0.25, -0.2) is 0 Å².